The summed E-state index contributed by atoms with van der Waals surface area (Å²) in [6.07, 6.45) is 16.4. The van der Waals surface area contributed by atoms with Crippen molar-refractivity contribution in [2.45, 2.75) is 115 Å². The summed E-state index contributed by atoms with van der Waals surface area (Å²) < 4.78 is 0. The second-order valence-corrected chi connectivity index (χ2v) is 8.60. The van der Waals surface area contributed by atoms with Gasteiger partial charge in [0.05, 0.1) is 6.04 Å². The van der Waals surface area contributed by atoms with Crippen molar-refractivity contribution in [1.82, 2.24) is 10.2 Å². The molecule has 5 N–H and O–H groups in total. The topological polar surface area (TPSA) is 101 Å². The van der Waals surface area contributed by atoms with Gasteiger partial charge in [0.25, 0.3) is 0 Å². The third-order valence-corrected chi connectivity index (χ3v) is 6.01. The van der Waals surface area contributed by atoms with Gasteiger partial charge in [-0.2, -0.15) is 0 Å². The molecule has 1 saturated heterocycles. The number of hydrogen-bond acceptors (Lipinski definition) is 4. The number of nitrogens with zero attached hydrogens (tertiary/aromatic N) is 1. The molecule has 1 aliphatic heterocycles. The number of rotatable bonds is 17. The molecule has 0 aromatic carbocycles. The molecule has 2 atom stereocenters. The molecule has 2 amide bonds. The van der Waals surface area contributed by atoms with Crippen LogP contribution >= 0.6 is 0 Å². The Labute approximate surface area is 178 Å². The molecule has 1 heterocycles. The zero-order chi connectivity index (χ0) is 21.3. The van der Waals surface area contributed by atoms with Crippen molar-refractivity contribution in [2.75, 3.05) is 19.6 Å². The molecule has 0 spiro atoms. The average molecular weight is 411 g/mol. The molecule has 170 valence electrons. The number of unbranched alkanes of at least 4 members (excludes halogenated alkanes) is 9. The summed E-state index contributed by atoms with van der Waals surface area (Å²) in [6, 6.07) is -0.352. The number of hydrogen-bond donors (Lipinski definition) is 3. The number of likely N-dealkylation sites (tertiary alicyclic amines) is 1. The van der Waals surface area contributed by atoms with E-state index in [0.29, 0.717) is 25.9 Å². The van der Waals surface area contributed by atoms with Gasteiger partial charge >= 0.3 is 0 Å². The molecule has 6 heteroatoms. The first-order valence-corrected chi connectivity index (χ1v) is 12.1. The lowest BCUT2D eigenvalue weighted by molar-refractivity contribution is -0.132. The minimum Gasteiger partial charge on any atom is -0.353 e. The van der Waals surface area contributed by atoms with E-state index >= 15 is 0 Å². The fourth-order valence-electron chi connectivity index (χ4n) is 4.10. The van der Waals surface area contributed by atoms with Crippen molar-refractivity contribution < 1.29 is 9.59 Å². The Morgan fingerprint density at radius 3 is 2.31 bits per heavy atom. The Hall–Kier alpha value is -1.14. The first-order valence-electron chi connectivity index (χ1n) is 12.1. The Balaban J connectivity index is 2.16. The van der Waals surface area contributed by atoms with Crippen LogP contribution in [0.15, 0.2) is 0 Å². The van der Waals surface area contributed by atoms with E-state index < -0.39 is 6.04 Å². The highest BCUT2D eigenvalue weighted by Crippen LogP contribution is 2.19. The molecule has 0 bridgehead atoms. The Morgan fingerprint density at radius 1 is 1.00 bits per heavy atom. The standard InChI is InChI=1S/C23H46N4O2/c1-2-3-4-5-6-7-8-9-10-16-22(28)27-18-13-14-20(27)19-26-23(29)21(25)15-11-12-17-24/h20-21H,2-19,24-25H2,1H3,(H,26,29). The average Bonchev–Trinajstić information content (AvgIpc) is 3.19. The first-order chi connectivity index (χ1) is 14.1. The second kappa shape index (κ2) is 16.6. The van der Waals surface area contributed by atoms with Crippen molar-refractivity contribution in [3.8, 4) is 0 Å². The van der Waals surface area contributed by atoms with Crippen LogP contribution < -0.4 is 16.8 Å². The summed E-state index contributed by atoms with van der Waals surface area (Å²) in [5.74, 6) is 0.136. The van der Waals surface area contributed by atoms with E-state index in [9.17, 15) is 9.59 Å². The van der Waals surface area contributed by atoms with Gasteiger partial charge in [0.15, 0.2) is 0 Å². The maximum atomic E-state index is 12.6. The fourth-order valence-corrected chi connectivity index (χ4v) is 4.10. The lowest BCUT2D eigenvalue weighted by atomic mass is 10.1. The number of amides is 2. The molecule has 29 heavy (non-hydrogen) atoms. The van der Waals surface area contributed by atoms with E-state index in [1.165, 1.54) is 44.9 Å². The van der Waals surface area contributed by atoms with Crippen molar-refractivity contribution in [3.63, 3.8) is 0 Å². The Kier molecular flexibility index (Phi) is 14.9. The van der Waals surface area contributed by atoms with E-state index in [1.807, 2.05) is 4.90 Å². The highest BCUT2D eigenvalue weighted by atomic mass is 16.2. The molecule has 0 aromatic rings. The van der Waals surface area contributed by atoms with Crippen molar-refractivity contribution in [2.24, 2.45) is 11.5 Å². The van der Waals surface area contributed by atoms with E-state index in [2.05, 4.69) is 12.2 Å². The third kappa shape index (κ3) is 11.6. The third-order valence-electron chi connectivity index (χ3n) is 6.01. The lowest BCUT2D eigenvalue weighted by Crippen LogP contribution is -2.47. The van der Waals surface area contributed by atoms with Crippen LogP contribution in [-0.4, -0.2) is 48.4 Å². The van der Waals surface area contributed by atoms with Gasteiger partial charge in [0.1, 0.15) is 0 Å². The first kappa shape index (κ1) is 25.9. The molecule has 6 nitrogen and oxygen atoms in total. The number of carbonyl (C=O) groups is 2. The largest absolute Gasteiger partial charge is 0.353 e. The summed E-state index contributed by atoms with van der Waals surface area (Å²) in [7, 11) is 0. The summed E-state index contributed by atoms with van der Waals surface area (Å²) in [5, 5.41) is 2.95. The van der Waals surface area contributed by atoms with Crippen molar-refractivity contribution >= 4 is 11.8 Å². The van der Waals surface area contributed by atoms with Gasteiger partial charge < -0.3 is 21.7 Å². The monoisotopic (exact) mass is 410 g/mol. The summed E-state index contributed by atoms with van der Waals surface area (Å²) in [4.78, 5) is 26.7. The van der Waals surface area contributed by atoms with Gasteiger partial charge in [-0.15, -0.1) is 0 Å². The molecule has 2 unspecified atom stereocenters. The van der Waals surface area contributed by atoms with Crippen molar-refractivity contribution in [3.05, 3.63) is 0 Å². The molecule has 1 fully saturated rings. The molecule has 0 radical (unpaired) electrons. The van der Waals surface area contributed by atoms with Crippen LogP contribution in [0.4, 0.5) is 0 Å². The minimum absolute atomic E-state index is 0.111. The van der Waals surface area contributed by atoms with E-state index in [4.69, 9.17) is 11.5 Å². The van der Waals surface area contributed by atoms with Crippen LogP contribution in [0, 0.1) is 0 Å². The molecule has 0 aromatic heterocycles. The summed E-state index contributed by atoms with van der Waals surface area (Å²) in [6.45, 7) is 4.22. The highest BCUT2D eigenvalue weighted by Gasteiger charge is 2.28. The SMILES string of the molecule is CCCCCCCCCCCC(=O)N1CCCC1CNC(=O)C(N)CCCCN. The zero-order valence-corrected chi connectivity index (χ0v) is 18.8. The minimum atomic E-state index is -0.478. The molecule has 1 rings (SSSR count). The number of nitrogens with two attached hydrogens (primary N) is 2. The smallest absolute Gasteiger partial charge is 0.236 e. The predicted molar refractivity (Wildman–Crippen MR) is 120 cm³/mol. The van der Waals surface area contributed by atoms with Crippen molar-refractivity contribution in [1.29, 1.82) is 0 Å². The molecular formula is C23H46N4O2. The van der Waals surface area contributed by atoms with E-state index in [1.54, 1.807) is 0 Å². The normalized spacial score (nSPS) is 17.5. The van der Waals surface area contributed by atoms with Crippen LogP contribution in [0.1, 0.15) is 103 Å². The van der Waals surface area contributed by atoms with Gasteiger partial charge in [-0.1, -0.05) is 64.7 Å². The van der Waals surface area contributed by atoms with E-state index in [-0.39, 0.29) is 17.9 Å². The quantitative estimate of drug-likeness (QED) is 0.320. The maximum absolute atomic E-state index is 12.6. The molecule has 0 aliphatic carbocycles. The van der Waals surface area contributed by atoms with Crippen LogP contribution in [-0.2, 0) is 9.59 Å². The second-order valence-electron chi connectivity index (χ2n) is 8.60. The molecular weight excluding hydrogens is 364 g/mol. The van der Waals surface area contributed by atoms with Crippen LogP contribution in [0.3, 0.4) is 0 Å². The van der Waals surface area contributed by atoms with Gasteiger partial charge in [-0.3, -0.25) is 9.59 Å². The lowest BCUT2D eigenvalue weighted by Gasteiger charge is -2.25. The summed E-state index contributed by atoms with van der Waals surface area (Å²) in [5.41, 5.74) is 11.4. The maximum Gasteiger partial charge on any atom is 0.236 e. The van der Waals surface area contributed by atoms with Gasteiger partial charge in [-0.05, 0) is 38.6 Å². The van der Waals surface area contributed by atoms with Gasteiger partial charge in [0, 0.05) is 25.6 Å². The number of nitrogens with one attached hydrogen (secondary N) is 1. The zero-order valence-electron chi connectivity index (χ0n) is 18.8. The van der Waals surface area contributed by atoms with Crippen LogP contribution in [0.5, 0.6) is 0 Å². The molecule has 1 aliphatic rings. The van der Waals surface area contributed by atoms with Gasteiger partial charge in [-0.25, -0.2) is 0 Å². The van der Waals surface area contributed by atoms with Crippen LogP contribution in [0.2, 0.25) is 0 Å². The Morgan fingerprint density at radius 2 is 1.66 bits per heavy atom. The molecule has 0 saturated carbocycles. The number of carbonyl (C=O) groups excluding carboxylic acids is 2. The van der Waals surface area contributed by atoms with Crippen LogP contribution in [0.25, 0.3) is 0 Å². The predicted octanol–water partition coefficient (Wildman–Crippen LogP) is 3.47. The van der Waals surface area contributed by atoms with Gasteiger partial charge in [0.2, 0.25) is 11.8 Å². The van der Waals surface area contributed by atoms with E-state index in [0.717, 1.165) is 45.1 Å². The Bertz CT molecular complexity index is 445. The summed E-state index contributed by atoms with van der Waals surface area (Å²) >= 11 is 0. The fraction of sp³-hybridized carbons (Fsp3) is 0.913. The highest BCUT2D eigenvalue weighted by molar-refractivity contribution is 5.81.